The normalized spacial score (nSPS) is 15.1. The number of nitrogens with one attached hydrogen (secondary N) is 2. The number of hydrogen-bond donors (Lipinski definition) is 2. The summed E-state index contributed by atoms with van der Waals surface area (Å²) >= 11 is 0. The third kappa shape index (κ3) is 3.31. The lowest BCUT2D eigenvalue weighted by Gasteiger charge is -2.14. The molecular weight excluding hydrogens is 352 g/mol. The molecule has 3 aromatic rings. The molecule has 1 unspecified atom stereocenters. The summed E-state index contributed by atoms with van der Waals surface area (Å²) in [5.74, 6) is 1.32. The van der Waals surface area contributed by atoms with Crippen LogP contribution < -0.4 is 15.5 Å². The number of hydrogen-bond acceptors (Lipinski definition) is 6. The van der Waals surface area contributed by atoms with Gasteiger partial charge in [-0.25, -0.2) is 4.98 Å². The summed E-state index contributed by atoms with van der Waals surface area (Å²) in [4.78, 5) is 19.7. The molecule has 144 valence electrons. The Hall–Kier alpha value is -3.35. The summed E-state index contributed by atoms with van der Waals surface area (Å²) in [6.07, 6.45) is 0. The van der Waals surface area contributed by atoms with E-state index >= 15 is 0 Å². The highest BCUT2D eigenvalue weighted by atomic mass is 16.1. The van der Waals surface area contributed by atoms with Crippen LogP contribution in [-0.2, 0) is 7.05 Å². The van der Waals surface area contributed by atoms with Gasteiger partial charge in [0.15, 0.2) is 5.78 Å². The highest BCUT2D eigenvalue weighted by molar-refractivity contribution is 6.01. The van der Waals surface area contributed by atoms with Gasteiger partial charge >= 0.3 is 0 Å². The molecule has 0 bridgehead atoms. The Labute approximate surface area is 164 Å². The van der Waals surface area contributed by atoms with E-state index in [-0.39, 0.29) is 11.7 Å². The number of aromatic nitrogens is 3. The Morgan fingerprint density at radius 3 is 2.79 bits per heavy atom. The minimum atomic E-state index is -0.247. The number of benzene rings is 1. The van der Waals surface area contributed by atoms with E-state index in [1.807, 2.05) is 51.4 Å². The summed E-state index contributed by atoms with van der Waals surface area (Å²) in [7, 11) is 5.83. The number of nitrogens with zero attached hydrogens (tertiary/aromatic N) is 4. The standard InChI is InChI=1S/C21H24N6O/c1-13-10-18(27(4)25-13)20(28)17-12-22-21-16(17)8-9-19(24-21)23-14-6-5-7-15(11-14)26(2)3/h5-11,17H,12H2,1-4H3,(H2,22,23,24). The maximum Gasteiger partial charge on any atom is 0.190 e. The van der Waals surface area contributed by atoms with Crippen molar-refractivity contribution in [3.63, 3.8) is 0 Å². The van der Waals surface area contributed by atoms with E-state index in [0.29, 0.717) is 12.2 Å². The van der Waals surface area contributed by atoms with Crippen molar-refractivity contribution in [2.75, 3.05) is 36.2 Å². The van der Waals surface area contributed by atoms with Crippen LogP contribution in [0.15, 0.2) is 42.5 Å². The van der Waals surface area contributed by atoms with E-state index in [9.17, 15) is 4.79 Å². The number of ketones is 1. The predicted molar refractivity (Wildman–Crippen MR) is 112 cm³/mol. The summed E-state index contributed by atoms with van der Waals surface area (Å²) in [5.41, 5.74) is 4.47. The van der Waals surface area contributed by atoms with Gasteiger partial charge in [-0.1, -0.05) is 12.1 Å². The van der Waals surface area contributed by atoms with Crippen LogP contribution in [0.5, 0.6) is 0 Å². The molecule has 2 aromatic heterocycles. The van der Waals surface area contributed by atoms with Crippen LogP contribution in [0.1, 0.15) is 27.7 Å². The van der Waals surface area contributed by atoms with E-state index in [1.165, 1.54) is 0 Å². The van der Waals surface area contributed by atoms with Crippen molar-refractivity contribution in [3.05, 3.63) is 59.4 Å². The third-order valence-corrected chi connectivity index (χ3v) is 4.98. The monoisotopic (exact) mass is 376 g/mol. The summed E-state index contributed by atoms with van der Waals surface area (Å²) < 4.78 is 1.65. The lowest BCUT2D eigenvalue weighted by molar-refractivity contribution is 0.0957. The zero-order chi connectivity index (χ0) is 19.8. The molecule has 1 aromatic carbocycles. The van der Waals surface area contributed by atoms with Gasteiger partial charge in [-0.3, -0.25) is 9.48 Å². The average Bonchev–Trinajstić information content (AvgIpc) is 3.23. The molecule has 3 heterocycles. The van der Waals surface area contributed by atoms with Crippen molar-refractivity contribution in [1.82, 2.24) is 14.8 Å². The zero-order valence-corrected chi connectivity index (χ0v) is 16.5. The minimum absolute atomic E-state index is 0.0653. The second-order valence-corrected chi connectivity index (χ2v) is 7.30. The lowest BCUT2D eigenvalue weighted by Crippen LogP contribution is -2.18. The summed E-state index contributed by atoms with van der Waals surface area (Å²) in [6, 6.07) is 13.9. The smallest absolute Gasteiger partial charge is 0.190 e. The van der Waals surface area contributed by atoms with Gasteiger partial charge in [-0.2, -0.15) is 5.10 Å². The number of aryl methyl sites for hydroxylation is 2. The quantitative estimate of drug-likeness (QED) is 0.666. The van der Waals surface area contributed by atoms with Gasteiger partial charge in [0.2, 0.25) is 0 Å². The highest BCUT2D eigenvalue weighted by Crippen LogP contribution is 2.34. The largest absolute Gasteiger partial charge is 0.378 e. The first kappa shape index (κ1) is 18.0. The number of Topliss-reactive ketones (excluding diaryl/α,β-unsaturated/α-hetero) is 1. The van der Waals surface area contributed by atoms with Gasteiger partial charge in [-0.15, -0.1) is 0 Å². The van der Waals surface area contributed by atoms with Crippen molar-refractivity contribution in [3.8, 4) is 0 Å². The Morgan fingerprint density at radius 1 is 1.25 bits per heavy atom. The van der Waals surface area contributed by atoms with Gasteiger partial charge in [0.1, 0.15) is 17.3 Å². The van der Waals surface area contributed by atoms with Gasteiger partial charge in [0, 0.05) is 44.6 Å². The number of pyridine rings is 1. The van der Waals surface area contributed by atoms with Gasteiger partial charge in [-0.05, 0) is 37.3 Å². The van der Waals surface area contributed by atoms with Crippen LogP contribution in [0.4, 0.5) is 23.0 Å². The van der Waals surface area contributed by atoms with Gasteiger partial charge in [0.25, 0.3) is 0 Å². The molecule has 0 saturated carbocycles. The van der Waals surface area contributed by atoms with Crippen molar-refractivity contribution in [2.24, 2.45) is 7.05 Å². The first-order chi connectivity index (χ1) is 13.4. The highest BCUT2D eigenvalue weighted by Gasteiger charge is 2.32. The van der Waals surface area contributed by atoms with Crippen molar-refractivity contribution < 1.29 is 4.79 Å². The fourth-order valence-electron chi connectivity index (χ4n) is 3.53. The maximum atomic E-state index is 13.0. The minimum Gasteiger partial charge on any atom is -0.378 e. The average molecular weight is 376 g/mol. The summed E-state index contributed by atoms with van der Waals surface area (Å²) in [5, 5.41) is 10.9. The fourth-order valence-corrected chi connectivity index (χ4v) is 3.53. The number of rotatable bonds is 5. The molecule has 28 heavy (non-hydrogen) atoms. The van der Waals surface area contributed by atoms with E-state index in [0.717, 1.165) is 34.3 Å². The number of anilines is 4. The Kier molecular flexibility index (Phi) is 4.50. The Bertz CT molecular complexity index is 1040. The molecule has 0 aliphatic carbocycles. The number of carbonyl (C=O) groups excluding carboxylic acids is 1. The molecule has 0 radical (unpaired) electrons. The molecule has 0 spiro atoms. The van der Waals surface area contributed by atoms with Crippen LogP contribution >= 0.6 is 0 Å². The first-order valence-electron chi connectivity index (χ1n) is 9.26. The third-order valence-electron chi connectivity index (χ3n) is 4.98. The Balaban J connectivity index is 1.56. The SMILES string of the molecule is Cc1cc(C(=O)C2CNc3nc(Nc4cccc(N(C)C)c4)ccc32)n(C)n1. The maximum absolute atomic E-state index is 13.0. The molecule has 0 amide bonds. The van der Waals surface area contributed by atoms with Crippen molar-refractivity contribution in [1.29, 1.82) is 0 Å². The molecule has 7 heteroatoms. The van der Waals surface area contributed by atoms with E-state index in [2.05, 4.69) is 37.7 Å². The van der Waals surface area contributed by atoms with E-state index in [4.69, 9.17) is 0 Å². The van der Waals surface area contributed by atoms with Gasteiger partial charge in [0.05, 0.1) is 11.6 Å². The van der Waals surface area contributed by atoms with E-state index in [1.54, 1.807) is 11.7 Å². The van der Waals surface area contributed by atoms with Crippen LogP contribution in [0, 0.1) is 6.92 Å². The topological polar surface area (TPSA) is 75.1 Å². The molecule has 0 saturated heterocycles. The molecule has 1 aliphatic heterocycles. The molecule has 7 nitrogen and oxygen atoms in total. The van der Waals surface area contributed by atoms with Crippen LogP contribution in [-0.4, -0.2) is 41.2 Å². The number of fused-ring (bicyclic) bond motifs is 1. The molecule has 2 N–H and O–H groups in total. The van der Waals surface area contributed by atoms with Crippen LogP contribution in [0.25, 0.3) is 0 Å². The van der Waals surface area contributed by atoms with Crippen LogP contribution in [0.3, 0.4) is 0 Å². The Morgan fingerprint density at radius 2 is 2.07 bits per heavy atom. The molecular formula is C21H24N6O. The molecule has 0 fully saturated rings. The first-order valence-corrected chi connectivity index (χ1v) is 9.26. The lowest BCUT2D eigenvalue weighted by atomic mass is 9.96. The molecule has 4 rings (SSSR count). The van der Waals surface area contributed by atoms with E-state index < -0.39 is 0 Å². The summed E-state index contributed by atoms with van der Waals surface area (Å²) in [6.45, 7) is 2.44. The molecule has 1 atom stereocenters. The second kappa shape index (κ2) is 6.99. The van der Waals surface area contributed by atoms with Crippen molar-refractivity contribution in [2.45, 2.75) is 12.8 Å². The predicted octanol–water partition coefficient (Wildman–Crippen LogP) is 3.33. The van der Waals surface area contributed by atoms with Crippen LogP contribution in [0.2, 0.25) is 0 Å². The number of carbonyl (C=O) groups is 1. The fraction of sp³-hybridized carbons (Fsp3) is 0.286. The van der Waals surface area contributed by atoms with Gasteiger partial charge < -0.3 is 15.5 Å². The van der Waals surface area contributed by atoms with Crippen molar-refractivity contribution >= 4 is 28.8 Å². The second-order valence-electron chi connectivity index (χ2n) is 7.30. The molecule has 1 aliphatic rings. The zero-order valence-electron chi connectivity index (χ0n) is 16.5.